The number of carbonyl (C=O) groups excluding carboxylic acids is 1. The summed E-state index contributed by atoms with van der Waals surface area (Å²) >= 11 is 0. The van der Waals surface area contributed by atoms with Crippen molar-refractivity contribution in [2.45, 2.75) is 32.3 Å². The van der Waals surface area contributed by atoms with E-state index in [1.165, 1.54) is 0 Å². The van der Waals surface area contributed by atoms with Gasteiger partial charge >= 0.3 is 0 Å². The van der Waals surface area contributed by atoms with E-state index in [4.69, 9.17) is 9.47 Å². The molecule has 1 amide bonds. The number of carbonyl (C=O) groups is 1. The lowest BCUT2D eigenvalue weighted by atomic mass is 10.0. The van der Waals surface area contributed by atoms with Gasteiger partial charge in [0, 0.05) is 31.6 Å². The summed E-state index contributed by atoms with van der Waals surface area (Å²) in [5, 5.41) is 0. The van der Waals surface area contributed by atoms with Gasteiger partial charge in [-0.15, -0.1) is 0 Å². The number of rotatable bonds is 3. The van der Waals surface area contributed by atoms with Gasteiger partial charge in [0.05, 0.1) is 0 Å². The molecule has 2 heterocycles. The fraction of sp³-hybridized carbons (Fsp3) is 0.611. The van der Waals surface area contributed by atoms with Gasteiger partial charge in [-0.25, -0.2) is 0 Å². The van der Waals surface area contributed by atoms with Crippen LogP contribution in [0.1, 0.15) is 25.8 Å². The largest absolute Gasteiger partial charge is 0.483 e. The molecule has 0 atom stereocenters. The van der Waals surface area contributed by atoms with Crippen molar-refractivity contribution in [3.63, 3.8) is 0 Å². The highest BCUT2D eigenvalue weighted by atomic mass is 16.5. The van der Waals surface area contributed by atoms with Crippen LogP contribution in [0.25, 0.3) is 0 Å². The van der Waals surface area contributed by atoms with Crippen molar-refractivity contribution in [1.82, 2.24) is 9.80 Å². The Balaban J connectivity index is 1.61. The first kappa shape index (κ1) is 16.1. The third-order valence-electron chi connectivity index (χ3n) is 4.48. The molecule has 0 aromatic heterocycles. The normalized spacial score (nSPS) is 20.6. The molecule has 23 heavy (non-hydrogen) atoms. The summed E-state index contributed by atoms with van der Waals surface area (Å²) in [6.07, 6.45) is 1.88. The van der Waals surface area contributed by atoms with Crippen LogP contribution in [0.2, 0.25) is 0 Å². The van der Waals surface area contributed by atoms with E-state index in [-0.39, 0.29) is 18.1 Å². The zero-order valence-electron chi connectivity index (χ0n) is 14.3. The van der Waals surface area contributed by atoms with E-state index >= 15 is 0 Å². The maximum atomic E-state index is 12.4. The number of hydrogen-bond acceptors (Lipinski definition) is 4. The molecule has 0 N–H and O–H groups in total. The summed E-state index contributed by atoms with van der Waals surface area (Å²) in [5.74, 6) is 1.52. The number of hydrogen-bond donors (Lipinski definition) is 0. The van der Waals surface area contributed by atoms with Crippen LogP contribution in [0.3, 0.4) is 0 Å². The van der Waals surface area contributed by atoms with Gasteiger partial charge in [-0.05, 0) is 39.9 Å². The lowest BCUT2D eigenvalue weighted by Gasteiger charge is -2.21. The molecule has 1 aromatic carbocycles. The first-order chi connectivity index (χ1) is 10.9. The monoisotopic (exact) mass is 318 g/mol. The summed E-state index contributed by atoms with van der Waals surface area (Å²) < 4.78 is 11.8. The zero-order chi connectivity index (χ0) is 16.4. The van der Waals surface area contributed by atoms with Crippen molar-refractivity contribution < 1.29 is 14.3 Å². The van der Waals surface area contributed by atoms with Gasteiger partial charge < -0.3 is 19.3 Å². The number of benzene rings is 1. The number of fused-ring (bicyclic) bond motifs is 1. The van der Waals surface area contributed by atoms with Crippen LogP contribution in [-0.4, -0.2) is 61.1 Å². The highest BCUT2D eigenvalue weighted by Gasteiger charge is 2.32. The molecule has 126 valence electrons. The minimum absolute atomic E-state index is 0.0511. The SMILES string of the molecule is CN1CCCN(C(=O)COc2cccc3c2OC(C)(C)C3)CC1. The molecule has 0 radical (unpaired) electrons. The molecule has 1 fully saturated rings. The average molecular weight is 318 g/mol. The fourth-order valence-electron chi connectivity index (χ4n) is 3.23. The second-order valence-electron chi connectivity index (χ2n) is 7.11. The summed E-state index contributed by atoms with van der Waals surface area (Å²) in [6.45, 7) is 7.75. The van der Waals surface area contributed by atoms with Gasteiger partial charge in [-0.3, -0.25) is 4.79 Å². The van der Waals surface area contributed by atoms with Crippen LogP contribution in [0.5, 0.6) is 11.5 Å². The van der Waals surface area contributed by atoms with Crippen LogP contribution >= 0.6 is 0 Å². The van der Waals surface area contributed by atoms with Gasteiger partial charge in [-0.2, -0.15) is 0 Å². The van der Waals surface area contributed by atoms with Crippen LogP contribution in [0.4, 0.5) is 0 Å². The first-order valence-corrected chi connectivity index (χ1v) is 8.35. The maximum absolute atomic E-state index is 12.4. The quantitative estimate of drug-likeness (QED) is 0.854. The van der Waals surface area contributed by atoms with Crippen LogP contribution in [0.15, 0.2) is 18.2 Å². The van der Waals surface area contributed by atoms with Crippen molar-refractivity contribution in [3.05, 3.63) is 23.8 Å². The topological polar surface area (TPSA) is 42.0 Å². The van der Waals surface area contributed by atoms with Crippen molar-refractivity contribution in [3.8, 4) is 11.5 Å². The third-order valence-corrected chi connectivity index (χ3v) is 4.48. The van der Waals surface area contributed by atoms with E-state index in [1.807, 2.05) is 17.0 Å². The molecule has 5 heteroatoms. The Morgan fingerprint density at radius 1 is 1.26 bits per heavy atom. The van der Waals surface area contributed by atoms with Crippen LogP contribution < -0.4 is 9.47 Å². The molecule has 0 saturated carbocycles. The van der Waals surface area contributed by atoms with Crippen molar-refractivity contribution in [2.24, 2.45) is 0 Å². The van der Waals surface area contributed by atoms with Gasteiger partial charge in [-0.1, -0.05) is 12.1 Å². The molecule has 2 aliphatic rings. The van der Waals surface area contributed by atoms with E-state index in [1.54, 1.807) is 0 Å². The Morgan fingerprint density at radius 2 is 2.09 bits per heavy atom. The lowest BCUT2D eigenvalue weighted by Crippen LogP contribution is -2.37. The molecule has 5 nitrogen and oxygen atoms in total. The second kappa shape index (κ2) is 6.40. The summed E-state index contributed by atoms with van der Waals surface area (Å²) in [6, 6.07) is 5.90. The molecule has 1 aromatic rings. The van der Waals surface area contributed by atoms with Gasteiger partial charge in [0.1, 0.15) is 5.60 Å². The Morgan fingerprint density at radius 3 is 2.91 bits per heavy atom. The van der Waals surface area contributed by atoms with Crippen molar-refractivity contribution in [1.29, 1.82) is 0 Å². The minimum Gasteiger partial charge on any atom is -0.483 e. The van der Waals surface area contributed by atoms with Gasteiger partial charge in [0.15, 0.2) is 18.1 Å². The molecule has 0 aliphatic carbocycles. The highest BCUT2D eigenvalue weighted by molar-refractivity contribution is 5.78. The Bertz CT molecular complexity index is 586. The van der Waals surface area contributed by atoms with E-state index < -0.39 is 0 Å². The Labute approximate surface area is 138 Å². The maximum Gasteiger partial charge on any atom is 0.260 e. The standard InChI is InChI=1S/C18H26N2O3/c1-18(2)12-14-6-4-7-15(17(14)23-18)22-13-16(21)20-9-5-8-19(3)10-11-20/h4,6-7H,5,8-13H2,1-3H3. The molecule has 0 spiro atoms. The first-order valence-electron chi connectivity index (χ1n) is 8.35. The molecule has 2 aliphatic heterocycles. The zero-order valence-corrected chi connectivity index (χ0v) is 14.3. The molecular formula is C18H26N2O3. The molecule has 3 rings (SSSR count). The highest BCUT2D eigenvalue weighted by Crippen LogP contribution is 2.41. The van der Waals surface area contributed by atoms with Crippen LogP contribution in [0, 0.1) is 0 Å². The molecule has 0 unspecified atom stereocenters. The second-order valence-corrected chi connectivity index (χ2v) is 7.11. The van der Waals surface area contributed by atoms with Crippen molar-refractivity contribution >= 4 is 5.91 Å². The Hall–Kier alpha value is -1.75. The number of ether oxygens (including phenoxy) is 2. The van der Waals surface area contributed by atoms with E-state index in [0.717, 1.165) is 50.3 Å². The number of para-hydroxylation sites is 1. The fourth-order valence-corrected chi connectivity index (χ4v) is 3.23. The van der Waals surface area contributed by atoms with Gasteiger partial charge in [0.2, 0.25) is 0 Å². The van der Waals surface area contributed by atoms with E-state index in [9.17, 15) is 4.79 Å². The summed E-state index contributed by atoms with van der Waals surface area (Å²) in [7, 11) is 2.09. The van der Waals surface area contributed by atoms with Crippen molar-refractivity contribution in [2.75, 3.05) is 39.8 Å². The Kier molecular flexibility index (Phi) is 4.48. The number of nitrogens with zero attached hydrogens (tertiary/aromatic N) is 2. The third kappa shape index (κ3) is 3.78. The van der Waals surface area contributed by atoms with E-state index in [0.29, 0.717) is 5.75 Å². The predicted octanol–water partition coefficient (Wildman–Crippen LogP) is 1.94. The smallest absolute Gasteiger partial charge is 0.260 e. The lowest BCUT2D eigenvalue weighted by molar-refractivity contribution is -0.133. The molecule has 1 saturated heterocycles. The molecular weight excluding hydrogens is 292 g/mol. The molecule has 0 bridgehead atoms. The predicted molar refractivity (Wildman–Crippen MR) is 89.0 cm³/mol. The van der Waals surface area contributed by atoms with Crippen LogP contribution in [-0.2, 0) is 11.2 Å². The number of amides is 1. The van der Waals surface area contributed by atoms with E-state index in [2.05, 4.69) is 31.9 Å². The summed E-state index contributed by atoms with van der Waals surface area (Å²) in [4.78, 5) is 16.6. The van der Waals surface area contributed by atoms with Gasteiger partial charge in [0.25, 0.3) is 5.91 Å². The minimum atomic E-state index is -0.207. The summed E-state index contributed by atoms with van der Waals surface area (Å²) in [5.41, 5.74) is 0.942. The number of likely N-dealkylation sites (N-methyl/N-ethyl adjacent to an activating group) is 1. The average Bonchev–Trinajstić information content (AvgIpc) is 2.66.